The molecule has 1 aromatic carbocycles. The Morgan fingerprint density at radius 2 is 2.15 bits per heavy atom. The van der Waals surface area contributed by atoms with Crippen LogP contribution in [0, 0.1) is 0 Å². The number of hydrogen-bond acceptors (Lipinski definition) is 2. The molecule has 68 valence electrons. The number of Topliss-reactive ketones (excluding diaryl/α,β-unsaturated/α-hetero) is 1. The number of fused-ring (bicyclic) bond motifs is 1. The van der Waals surface area contributed by atoms with E-state index in [1.807, 2.05) is 6.07 Å². The summed E-state index contributed by atoms with van der Waals surface area (Å²) in [6.07, 6.45) is 1.36. The van der Waals surface area contributed by atoms with Crippen LogP contribution in [-0.4, -0.2) is 12.9 Å². The van der Waals surface area contributed by atoms with E-state index in [2.05, 4.69) is 0 Å². The van der Waals surface area contributed by atoms with Crippen LogP contribution in [0.3, 0.4) is 0 Å². The van der Waals surface area contributed by atoms with Gasteiger partial charge >= 0.3 is 0 Å². The van der Waals surface area contributed by atoms with E-state index in [1.165, 1.54) is 0 Å². The van der Waals surface area contributed by atoms with Crippen molar-refractivity contribution in [3.05, 3.63) is 28.3 Å². The van der Waals surface area contributed by atoms with Gasteiger partial charge in [-0.1, -0.05) is 11.6 Å². The normalized spacial score (nSPS) is 14.5. The van der Waals surface area contributed by atoms with E-state index in [4.69, 9.17) is 16.3 Å². The molecule has 0 heterocycles. The van der Waals surface area contributed by atoms with Gasteiger partial charge in [0.05, 0.1) is 12.7 Å². The predicted molar refractivity (Wildman–Crippen MR) is 50.7 cm³/mol. The fourth-order valence-corrected chi connectivity index (χ4v) is 1.91. The first-order valence-electron chi connectivity index (χ1n) is 4.12. The van der Waals surface area contributed by atoms with Crippen LogP contribution in [0.15, 0.2) is 12.1 Å². The summed E-state index contributed by atoms with van der Waals surface area (Å²) in [6.45, 7) is 0. The molecule has 0 saturated heterocycles. The lowest BCUT2D eigenvalue weighted by Crippen LogP contribution is -1.96. The topological polar surface area (TPSA) is 26.3 Å². The molecule has 13 heavy (non-hydrogen) atoms. The molecule has 0 amide bonds. The van der Waals surface area contributed by atoms with Crippen molar-refractivity contribution in [1.82, 2.24) is 0 Å². The van der Waals surface area contributed by atoms with Gasteiger partial charge in [-0.15, -0.1) is 0 Å². The lowest BCUT2D eigenvalue weighted by Gasteiger charge is -2.06. The molecule has 2 rings (SSSR count). The van der Waals surface area contributed by atoms with Gasteiger partial charge in [0.15, 0.2) is 5.78 Å². The summed E-state index contributed by atoms with van der Waals surface area (Å²) >= 11 is 5.86. The fourth-order valence-electron chi connectivity index (χ4n) is 1.68. The highest BCUT2D eigenvalue weighted by Crippen LogP contribution is 2.33. The minimum Gasteiger partial charge on any atom is -0.496 e. The van der Waals surface area contributed by atoms with Gasteiger partial charge in [-0.25, -0.2) is 0 Å². The number of aryl methyl sites for hydroxylation is 1. The van der Waals surface area contributed by atoms with Gasteiger partial charge in [-0.3, -0.25) is 4.79 Å². The summed E-state index contributed by atoms with van der Waals surface area (Å²) in [6, 6.07) is 3.52. The Hall–Kier alpha value is -1.02. The monoisotopic (exact) mass is 196 g/mol. The van der Waals surface area contributed by atoms with Gasteiger partial charge in [0.2, 0.25) is 0 Å². The second-order valence-electron chi connectivity index (χ2n) is 3.07. The maximum Gasteiger partial charge on any atom is 0.167 e. The quantitative estimate of drug-likeness (QED) is 0.690. The molecule has 0 atom stereocenters. The minimum atomic E-state index is 0.156. The Morgan fingerprint density at radius 1 is 1.38 bits per heavy atom. The number of carbonyl (C=O) groups excluding carboxylic acids is 1. The second-order valence-corrected chi connectivity index (χ2v) is 3.50. The summed E-state index contributed by atoms with van der Waals surface area (Å²) in [5.41, 5.74) is 1.72. The van der Waals surface area contributed by atoms with Crippen LogP contribution in [0.25, 0.3) is 0 Å². The Balaban J connectivity index is 2.64. The Morgan fingerprint density at radius 3 is 2.85 bits per heavy atom. The molecule has 0 radical (unpaired) electrons. The summed E-state index contributed by atoms with van der Waals surface area (Å²) in [4.78, 5) is 11.4. The van der Waals surface area contributed by atoms with E-state index in [1.54, 1.807) is 13.2 Å². The van der Waals surface area contributed by atoms with Crippen LogP contribution in [-0.2, 0) is 6.42 Å². The van der Waals surface area contributed by atoms with Gasteiger partial charge in [0.25, 0.3) is 0 Å². The number of rotatable bonds is 1. The van der Waals surface area contributed by atoms with Crippen molar-refractivity contribution in [2.75, 3.05) is 7.11 Å². The zero-order chi connectivity index (χ0) is 9.42. The number of ether oxygens (including phenoxy) is 1. The first kappa shape index (κ1) is 8.57. The van der Waals surface area contributed by atoms with Crippen molar-refractivity contribution in [2.24, 2.45) is 0 Å². The number of halogens is 1. The largest absolute Gasteiger partial charge is 0.496 e. The van der Waals surface area contributed by atoms with E-state index >= 15 is 0 Å². The summed E-state index contributed by atoms with van der Waals surface area (Å²) in [5.74, 6) is 0.758. The molecule has 3 heteroatoms. The third-order valence-electron chi connectivity index (χ3n) is 2.27. The third-order valence-corrected chi connectivity index (χ3v) is 2.49. The van der Waals surface area contributed by atoms with Crippen molar-refractivity contribution in [3.63, 3.8) is 0 Å². The number of benzene rings is 1. The van der Waals surface area contributed by atoms with Crippen LogP contribution in [0.4, 0.5) is 0 Å². The molecule has 2 nitrogen and oxygen atoms in total. The minimum absolute atomic E-state index is 0.156. The van der Waals surface area contributed by atoms with Crippen LogP contribution in [0.1, 0.15) is 22.3 Å². The Labute approximate surface area is 81.5 Å². The standard InChI is InChI=1S/C10H9ClO2/c1-13-9-5-7(11)4-6-2-3-8(12)10(6)9/h4-5H,2-3H2,1H3. The van der Waals surface area contributed by atoms with Crippen molar-refractivity contribution >= 4 is 17.4 Å². The average Bonchev–Trinajstić information content (AvgIpc) is 2.46. The first-order chi connectivity index (χ1) is 6.22. The second kappa shape index (κ2) is 3.04. The highest BCUT2D eigenvalue weighted by molar-refractivity contribution is 6.31. The van der Waals surface area contributed by atoms with Crippen LogP contribution in [0.2, 0.25) is 5.02 Å². The third kappa shape index (κ3) is 1.31. The van der Waals surface area contributed by atoms with Gasteiger partial charge in [-0.05, 0) is 24.1 Å². The van der Waals surface area contributed by atoms with Gasteiger partial charge in [-0.2, -0.15) is 0 Å². The summed E-state index contributed by atoms with van der Waals surface area (Å²) in [7, 11) is 1.55. The maximum absolute atomic E-state index is 11.4. The molecular formula is C10H9ClO2. The number of ketones is 1. The SMILES string of the molecule is COc1cc(Cl)cc2c1C(=O)CC2. The van der Waals surface area contributed by atoms with E-state index in [0.29, 0.717) is 22.8 Å². The molecule has 0 spiro atoms. The molecule has 1 aliphatic carbocycles. The van der Waals surface area contributed by atoms with E-state index in [9.17, 15) is 4.79 Å². The molecule has 0 N–H and O–H groups in total. The van der Waals surface area contributed by atoms with Gasteiger partial charge in [0.1, 0.15) is 5.75 Å². The Bertz CT molecular complexity index is 371. The molecule has 0 unspecified atom stereocenters. The number of hydrogen-bond donors (Lipinski definition) is 0. The maximum atomic E-state index is 11.4. The predicted octanol–water partition coefficient (Wildman–Crippen LogP) is 2.48. The van der Waals surface area contributed by atoms with Crippen molar-refractivity contribution in [1.29, 1.82) is 0 Å². The molecule has 0 saturated carbocycles. The number of carbonyl (C=O) groups is 1. The average molecular weight is 197 g/mol. The number of methoxy groups -OCH3 is 1. The molecule has 0 fully saturated rings. The molecule has 1 aliphatic rings. The van der Waals surface area contributed by atoms with Gasteiger partial charge in [0, 0.05) is 11.4 Å². The van der Waals surface area contributed by atoms with Crippen LogP contribution < -0.4 is 4.74 Å². The molecule has 0 aliphatic heterocycles. The van der Waals surface area contributed by atoms with Crippen LogP contribution in [0.5, 0.6) is 5.75 Å². The van der Waals surface area contributed by atoms with Gasteiger partial charge < -0.3 is 4.74 Å². The molecule has 1 aromatic rings. The van der Waals surface area contributed by atoms with Crippen molar-refractivity contribution in [3.8, 4) is 5.75 Å². The highest BCUT2D eigenvalue weighted by Gasteiger charge is 2.24. The first-order valence-corrected chi connectivity index (χ1v) is 4.50. The van der Waals surface area contributed by atoms with Crippen molar-refractivity contribution in [2.45, 2.75) is 12.8 Å². The smallest absolute Gasteiger partial charge is 0.167 e. The van der Waals surface area contributed by atoms with E-state index < -0.39 is 0 Å². The molecular weight excluding hydrogens is 188 g/mol. The molecule has 0 bridgehead atoms. The summed E-state index contributed by atoms with van der Waals surface area (Å²) in [5, 5.41) is 0.630. The lowest BCUT2D eigenvalue weighted by molar-refractivity contribution is 0.0992. The van der Waals surface area contributed by atoms with E-state index in [0.717, 1.165) is 12.0 Å². The highest BCUT2D eigenvalue weighted by atomic mass is 35.5. The Kier molecular flexibility index (Phi) is 2.00. The molecule has 0 aromatic heterocycles. The van der Waals surface area contributed by atoms with Crippen molar-refractivity contribution < 1.29 is 9.53 Å². The fraction of sp³-hybridized carbons (Fsp3) is 0.300. The summed E-state index contributed by atoms with van der Waals surface area (Å²) < 4.78 is 5.10. The van der Waals surface area contributed by atoms with Crippen LogP contribution >= 0.6 is 11.6 Å². The lowest BCUT2D eigenvalue weighted by atomic mass is 10.1. The van der Waals surface area contributed by atoms with E-state index in [-0.39, 0.29) is 5.78 Å². The zero-order valence-corrected chi connectivity index (χ0v) is 8.02. The zero-order valence-electron chi connectivity index (χ0n) is 7.26.